The molecule has 2 heterocycles. The summed E-state index contributed by atoms with van der Waals surface area (Å²) < 4.78 is 16.9. The molecule has 1 aromatic heterocycles. The molecule has 1 fully saturated rings. The third-order valence-electron chi connectivity index (χ3n) is 6.54. The minimum absolute atomic E-state index is 0.0588. The summed E-state index contributed by atoms with van der Waals surface area (Å²) in [6.45, 7) is 4.28. The van der Waals surface area contributed by atoms with Gasteiger partial charge >= 0.3 is 5.97 Å². The van der Waals surface area contributed by atoms with E-state index >= 15 is 0 Å². The summed E-state index contributed by atoms with van der Waals surface area (Å²) in [6.07, 6.45) is -5.30. The van der Waals surface area contributed by atoms with E-state index < -0.39 is 36.2 Å². The number of nitrogens with one attached hydrogen (secondary N) is 1. The van der Waals surface area contributed by atoms with E-state index in [0.717, 1.165) is 6.42 Å². The molecule has 204 valence electrons. The second kappa shape index (κ2) is 11.1. The number of aromatic hydroxyl groups is 1. The van der Waals surface area contributed by atoms with E-state index in [1.807, 2.05) is 13.8 Å². The predicted octanol–water partition coefficient (Wildman–Crippen LogP) is 1.44. The minimum Gasteiger partial charge on any atom is -0.508 e. The number of hydrogen-bond donors (Lipinski definition) is 6. The second-order valence-electron chi connectivity index (χ2n) is 9.81. The Hall–Kier alpha value is -3.48. The van der Waals surface area contributed by atoms with E-state index in [0.29, 0.717) is 18.0 Å². The van der Waals surface area contributed by atoms with Gasteiger partial charge in [0.15, 0.2) is 17.1 Å². The number of phenolic OH excluding ortho intramolecular Hbond substituents is 1. The third-order valence-corrected chi connectivity index (χ3v) is 6.54. The number of carbonyl (C=O) groups is 1. The van der Waals surface area contributed by atoms with Gasteiger partial charge in [0.25, 0.3) is 0 Å². The smallest absolute Gasteiger partial charge is 0.335 e. The van der Waals surface area contributed by atoms with Gasteiger partial charge in [-0.2, -0.15) is 0 Å². The first-order valence-corrected chi connectivity index (χ1v) is 12.2. The molecule has 11 heteroatoms. The highest BCUT2D eigenvalue weighted by molar-refractivity contribution is 5.82. The maximum Gasteiger partial charge on any atom is 0.335 e. The zero-order valence-electron chi connectivity index (χ0n) is 20.9. The van der Waals surface area contributed by atoms with Crippen LogP contribution in [0.3, 0.4) is 0 Å². The summed E-state index contributed by atoms with van der Waals surface area (Å²) >= 11 is 0. The highest BCUT2D eigenvalue weighted by Crippen LogP contribution is 2.33. The normalized spacial score (nSPS) is 25.5. The number of aliphatic carboxylic acids is 1. The highest BCUT2D eigenvalue weighted by Gasteiger charge is 2.58. The molecule has 0 bridgehead atoms. The summed E-state index contributed by atoms with van der Waals surface area (Å²) in [4.78, 5) is 24.7. The molecule has 1 saturated heterocycles. The minimum atomic E-state index is -2.21. The van der Waals surface area contributed by atoms with Crippen LogP contribution in [0.4, 0.5) is 0 Å². The van der Waals surface area contributed by atoms with Gasteiger partial charge in [-0.1, -0.05) is 26.0 Å². The van der Waals surface area contributed by atoms with Crippen molar-refractivity contribution in [1.82, 2.24) is 5.32 Å². The number of ether oxygens (including phenoxy) is 2. The van der Waals surface area contributed by atoms with Gasteiger partial charge in [0, 0.05) is 12.6 Å². The van der Waals surface area contributed by atoms with Crippen LogP contribution in [0.5, 0.6) is 11.5 Å². The fourth-order valence-electron chi connectivity index (χ4n) is 4.28. The SMILES string of the molecule is CC(C)CCNC[C@@]1(O)[C@H](Oc2ccc3c(=O)c(-c4ccc(O)cc4)coc3c2)O[C@H](C(=O)O)[C@@H](O)[C@@H]1O. The number of fused-ring (bicyclic) bond motifs is 1. The number of benzene rings is 2. The third kappa shape index (κ3) is 5.52. The van der Waals surface area contributed by atoms with E-state index in [-0.39, 0.29) is 40.0 Å². The Morgan fingerprint density at radius 2 is 1.87 bits per heavy atom. The van der Waals surface area contributed by atoms with E-state index in [4.69, 9.17) is 13.9 Å². The number of carboxylic acid groups (broad SMARTS) is 1. The molecule has 1 aliphatic heterocycles. The molecule has 3 aromatic rings. The monoisotopic (exact) mass is 529 g/mol. The molecule has 0 saturated carbocycles. The van der Waals surface area contributed by atoms with Crippen molar-refractivity contribution in [3.63, 3.8) is 0 Å². The quantitative estimate of drug-likeness (QED) is 0.221. The van der Waals surface area contributed by atoms with Crippen LogP contribution < -0.4 is 15.5 Å². The van der Waals surface area contributed by atoms with Gasteiger partial charge in [0.2, 0.25) is 6.29 Å². The van der Waals surface area contributed by atoms with Crippen LogP contribution in [0.25, 0.3) is 22.1 Å². The van der Waals surface area contributed by atoms with Gasteiger partial charge in [0.1, 0.15) is 35.6 Å². The lowest BCUT2D eigenvalue weighted by Crippen LogP contribution is -2.71. The van der Waals surface area contributed by atoms with E-state index in [1.54, 1.807) is 12.1 Å². The lowest BCUT2D eigenvalue weighted by molar-refractivity contribution is -0.311. The maximum atomic E-state index is 13.0. The van der Waals surface area contributed by atoms with Crippen LogP contribution in [-0.4, -0.2) is 74.8 Å². The molecule has 0 unspecified atom stereocenters. The molecule has 6 N–H and O–H groups in total. The molecule has 5 atom stereocenters. The number of aliphatic hydroxyl groups excluding tert-OH is 2. The van der Waals surface area contributed by atoms with Crippen LogP contribution in [-0.2, 0) is 9.53 Å². The van der Waals surface area contributed by atoms with Crippen molar-refractivity contribution in [3.8, 4) is 22.6 Å². The van der Waals surface area contributed by atoms with E-state index in [1.165, 1.54) is 36.6 Å². The van der Waals surface area contributed by atoms with Gasteiger partial charge in [-0.05, 0) is 48.7 Å². The Morgan fingerprint density at radius 1 is 1.16 bits per heavy atom. The first-order chi connectivity index (χ1) is 18.0. The summed E-state index contributed by atoms with van der Waals surface area (Å²) in [6, 6.07) is 10.3. The molecule has 2 aromatic carbocycles. The van der Waals surface area contributed by atoms with Crippen LogP contribution >= 0.6 is 0 Å². The predicted molar refractivity (Wildman–Crippen MR) is 136 cm³/mol. The van der Waals surface area contributed by atoms with Crippen LogP contribution in [0.15, 0.2) is 57.9 Å². The molecule has 11 nitrogen and oxygen atoms in total. The fourth-order valence-corrected chi connectivity index (χ4v) is 4.28. The zero-order valence-corrected chi connectivity index (χ0v) is 20.9. The van der Waals surface area contributed by atoms with Crippen molar-refractivity contribution < 1.29 is 44.2 Å². The summed E-state index contributed by atoms with van der Waals surface area (Å²) in [5.74, 6) is -1.04. The number of hydrogen-bond acceptors (Lipinski definition) is 10. The van der Waals surface area contributed by atoms with Gasteiger partial charge < -0.3 is 44.7 Å². The largest absolute Gasteiger partial charge is 0.508 e. The van der Waals surface area contributed by atoms with E-state index in [9.17, 15) is 35.1 Å². The Balaban J connectivity index is 1.62. The second-order valence-corrected chi connectivity index (χ2v) is 9.81. The molecule has 0 spiro atoms. The van der Waals surface area contributed by atoms with Gasteiger partial charge in [0.05, 0.1) is 10.9 Å². The van der Waals surface area contributed by atoms with Crippen LogP contribution in [0.1, 0.15) is 20.3 Å². The van der Waals surface area contributed by atoms with Gasteiger partial charge in [-0.15, -0.1) is 0 Å². The molecule has 0 radical (unpaired) electrons. The summed E-state index contributed by atoms with van der Waals surface area (Å²) in [7, 11) is 0. The summed E-state index contributed by atoms with van der Waals surface area (Å²) in [5.41, 5.74) is -1.55. The Kier molecular flexibility index (Phi) is 8.05. The maximum absolute atomic E-state index is 13.0. The topological polar surface area (TPSA) is 179 Å². The molecule has 1 aliphatic rings. The van der Waals surface area contributed by atoms with Crippen molar-refractivity contribution in [2.24, 2.45) is 5.92 Å². The number of phenols is 1. The van der Waals surface area contributed by atoms with Crippen LogP contribution in [0.2, 0.25) is 0 Å². The fraction of sp³-hybridized carbons (Fsp3) is 0.407. The lowest BCUT2D eigenvalue weighted by Gasteiger charge is -2.46. The first kappa shape index (κ1) is 27.6. The molecule has 0 amide bonds. The molecule has 0 aliphatic carbocycles. The van der Waals surface area contributed by atoms with E-state index in [2.05, 4.69) is 5.32 Å². The van der Waals surface area contributed by atoms with Crippen molar-refractivity contribution >= 4 is 16.9 Å². The first-order valence-electron chi connectivity index (χ1n) is 12.2. The Labute approximate surface area is 217 Å². The Morgan fingerprint density at radius 3 is 2.53 bits per heavy atom. The molecular formula is C27H31NO10. The van der Waals surface area contributed by atoms with Gasteiger partial charge in [-0.25, -0.2) is 4.79 Å². The average Bonchev–Trinajstić information content (AvgIpc) is 2.88. The number of aliphatic hydroxyl groups is 3. The van der Waals surface area contributed by atoms with Crippen molar-refractivity contribution in [2.45, 2.75) is 50.5 Å². The number of rotatable bonds is 9. The number of carboxylic acids is 1. The summed E-state index contributed by atoms with van der Waals surface area (Å²) in [5, 5.41) is 54.5. The van der Waals surface area contributed by atoms with Gasteiger partial charge in [-0.3, -0.25) is 4.79 Å². The molecule has 38 heavy (non-hydrogen) atoms. The van der Waals surface area contributed by atoms with Crippen molar-refractivity contribution in [3.05, 3.63) is 59.0 Å². The van der Waals surface area contributed by atoms with Crippen molar-refractivity contribution in [1.29, 1.82) is 0 Å². The van der Waals surface area contributed by atoms with Crippen molar-refractivity contribution in [2.75, 3.05) is 13.1 Å². The Bertz CT molecular complexity index is 1340. The molecular weight excluding hydrogens is 498 g/mol. The van der Waals surface area contributed by atoms with Crippen LogP contribution in [0, 0.1) is 5.92 Å². The highest BCUT2D eigenvalue weighted by atomic mass is 16.7. The molecule has 4 rings (SSSR count). The lowest BCUT2D eigenvalue weighted by atomic mass is 9.86. The average molecular weight is 530 g/mol. The zero-order chi connectivity index (χ0) is 27.6. The standard InChI is InChI=1S/C27H31NO10/c1-14(2)9-10-28-13-27(35)24(32)22(31)23(25(33)34)38-26(27)37-17-7-8-18-20(11-17)36-12-19(21(18)30)15-3-5-16(29)6-4-15/h3-8,11-12,14,22-24,26,28-29,31-32,35H,9-10,13H2,1-2H3,(H,33,34)/t22-,23+,24+,26-,27+/m1/s1.